The molecular weight excluding hydrogens is 605 g/mol. The summed E-state index contributed by atoms with van der Waals surface area (Å²) in [6.45, 7) is -5.82. The molecule has 0 bridgehead atoms. The van der Waals surface area contributed by atoms with Gasteiger partial charge in [0.1, 0.15) is 0 Å². The highest BCUT2D eigenvalue weighted by molar-refractivity contribution is 14.1. The number of carboxylic acids is 1. The maximum Gasteiger partial charge on any atom is 0.337 e. The molecule has 6 nitrogen and oxygen atoms in total. The zero-order chi connectivity index (χ0) is 20.6. The van der Waals surface area contributed by atoms with Crippen LogP contribution in [0.1, 0.15) is 35.8 Å². The number of amides is 2. The Hall–Kier alpha value is -0.180. The van der Waals surface area contributed by atoms with E-state index in [0.29, 0.717) is 0 Å². The second-order valence-electron chi connectivity index (χ2n) is 3.28. The molecule has 1 aromatic rings. The van der Waals surface area contributed by atoms with E-state index in [2.05, 4.69) is 5.32 Å². The van der Waals surface area contributed by atoms with Gasteiger partial charge in [-0.15, -0.1) is 0 Å². The van der Waals surface area contributed by atoms with Gasteiger partial charge in [0.05, 0.1) is 24.0 Å². The van der Waals surface area contributed by atoms with E-state index in [-0.39, 0.29) is 27.5 Å². The summed E-state index contributed by atoms with van der Waals surface area (Å²) in [6, 6.07) is 0. The Labute approximate surface area is 164 Å². The van der Waals surface area contributed by atoms with Crippen molar-refractivity contribution in [2.24, 2.45) is 0 Å². The van der Waals surface area contributed by atoms with Crippen molar-refractivity contribution in [3.8, 4) is 0 Å². The maximum atomic E-state index is 12.3. The highest BCUT2D eigenvalue weighted by atomic mass is 127. The molecule has 0 aromatic heterocycles. The van der Waals surface area contributed by atoms with Gasteiger partial charge in [-0.2, -0.15) is 0 Å². The van der Waals surface area contributed by atoms with Gasteiger partial charge in [0.15, 0.2) is 0 Å². The van der Waals surface area contributed by atoms with Crippen LogP contribution in [0, 0.1) is 10.7 Å². The topological polar surface area (TPSA) is 95.5 Å². The Morgan fingerprint density at radius 2 is 1.70 bits per heavy atom. The molecule has 0 aliphatic rings. The summed E-state index contributed by atoms with van der Waals surface area (Å²) in [7, 11) is 0. The number of carboxylic acid groups (broad SMARTS) is 1. The first-order valence-corrected chi connectivity index (χ1v) is 7.89. The highest BCUT2D eigenvalue weighted by Crippen LogP contribution is 2.35. The number of nitrogens with one attached hydrogen (secondary N) is 2. The second kappa shape index (κ2) is 7.20. The van der Waals surface area contributed by atoms with E-state index in [9.17, 15) is 19.5 Å². The Morgan fingerprint density at radius 3 is 2.20 bits per heavy atom. The molecule has 0 saturated carbocycles. The van der Waals surface area contributed by atoms with E-state index in [1.165, 1.54) is 0 Å². The molecule has 9 heteroatoms. The van der Waals surface area contributed by atoms with Crippen molar-refractivity contribution in [3.05, 3.63) is 21.8 Å². The van der Waals surface area contributed by atoms with Gasteiger partial charge in [0.2, 0.25) is 5.91 Å². The summed E-state index contributed by atoms with van der Waals surface area (Å²) in [4.78, 5) is 35.7. The average Bonchev–Trinajstić information content (AvgIpc) is 2.39. The minimum Gasteiger partial charge on any atom is -0.478 e. The third kappa shape index (κ3) is 3.52. The predicted molar refractivity (Wildman–Crippen MR) is 99.2 cm³/mol. The number of rotatable bonds is 3. The van der Waals surface area contributed by atoms with Crippen molar-refractivity contribution in [1.82, 2.24) is 5.32 Å². The van der Waals surface area contributed by atoms with Gasteiger partial charge in [-0.05, 0) is 67.8 Å². The number of halogens is 3. The molecule has 0 aliphatic heterocycles. The fourth-order valence-corrected chi connectivity index (χ4v) is 5.72. The van der Waals surface area contributed by atoms with Crippen molar-refractivity contribution < 1.29 is 27.7 Å². The fraction of sp³-hybridized carbons (Fsp3) is 0.182. The first-order valence-electron chi connectivity index (χ1n) is 7.65. The molecule has 0 atom stereocenters. The standard InChI is InChI=1S/C11H9I3N2O4/c1-3(17)16-9-7(13)4(10(18)15-2)6(12)5(8(9)14)11(19)20/h1-2H3,(H,15,18)(H,16,17)(H,19,20)/i1D3,2D3. The molecule has 0 saturated heterocycles. The van der Waals surface area contributed by atoms with Gasteiger partial charge in [-0.1, -0.05) is 0 Å². The Bertz CT molecular complexity index is 794. The molecule has 2 amide bonds. The van der Waals surface area contributed by atoms with Crippen LogP contribution in [-0.2, 0) is 4.79 Å². The molecule has 0 radical (unpaired) electrons. The lowest BCUT2D eigenvalue weighted by Crippen LogP contribution is -2.24. The average molecular weight is 620 g/mol. The van der Waals surface area contributed by atoms with Crippen molar-refractivity contribution in [3.63, 3.8) is 0 Å². The Balaban J connectivity index is 3.69. The first kappa shape index (κ1) is 10.5. The predicted octanol–water partition coefficient (Wildman–Crippen LogP) is 2.52. The number of carbonyl (C=O) groups is 3. The Kier molecular flexibility index (Phi) is 3.79. The number of hydrogen-bond donors (Lipinski definition) is 3. The SMILES string of the molecule is [2H]C([2H])([2H])NC(=O)c1c(I)c(NC(=O)C([2H])([2H])[2H])c(I)c(C(=O)O)c1I. The van der Waals surface area contributed by atoms with Crippen molar-refractivity contribution in [1.29, 1.82) is 0 Å². The van der Waals surface area contributed by atoms with E-state index in [1.807, 2.05) is 0 Å². The molecule has 0 aliphatic carbocycles. The quantitative estimate of drug-likeness (QED) is 0.454. The lowest BCUT2D eigenvalue weighted by molar-refractivity contribution is -0.114. The third-order valence-corrected chi connectivity index (χ3v) is 5.35. The zero-order valence-corrected chi connectivity index (χ0v) is 15.8. The molecule has 0 spiro atoms. The second-order valence-corrected chi connectivity index (χ2v) is 6.52. The Morgan fingerprint density at radius 1 is 1.10 bits per heavy atom. The molecule has 0 fully saturated rings. The van der Waals surface area contributed by atoms with Crippen LogP contribution in [0.4, 0.5) is 5.69 Å². The molecule has 108 valence electrons. The fourth-order valence-electron chi connectivity index (χ4n) is 1.34. The van der Waals surface area contributed by atoms with E-state index in [0.717, 1.165) is 0 Å². The number of carbonyl (C=O) groups excluding carboxylic acids is 2. The summed E-state index contributed by atoms with van der Waals surface area (Å²) < 4.78 is 42.7. The van der Waals surface area contributed by atoms with Crippen LogP contribution in [0.3, 0.4) is 0 Å². The van der Waals surface area contributed by atoms with Crippen LogP contribution in [0.25, 0.3) is 0 Å². The van der Waals surface area contributed by atoms with Gasteiger partial charge in [-0.3, -0.25) is 9.59 Å². The van der Waals surface area contributed by atoms with Crippen LogP contribution < -0.4 is 10.6 Å². The monoisotopic (exact) mass is 620 g/mol. The van der Waals surface area contributed by atoms with Crippen molar-refractivity contribution in [2.75, 3.05) is 12.3 Å². The van der Waals surface area contributed by atoms with Gasteiger partial charge in [0.25, 0.3) is 5.91 Å². The van der Waals surface area contributed by atoms with Crippen LogP contribution in [-0.4, -0.2) is 29.9 Å². The molecule has 0 unspecified atom stereocenters. The van der Waals surface area contributed by atoms with Gasteiger partial charge >= 0.3 is 5.97 Å². The minimum atomic E-state index is -3.00. The first-order chi connectivity index (χ1) is 11.6. The highest BCUT2D eigenvalue weighted by Gasteiger charge is 2.27. The van der Waals surface area contributed by atoms with E-state index in [1.54, 1.807) is 73.1 Å². The van der Waals surface area contributed by atoms with E-state index < -0.39 is 31.6 Å². The van der Waals surface area contributed by atoms with E-state index >= 15 is 0 Å². The normalized spacial score (nSPS) is 15.8. The van der Waals surface area contributed by atoms with Gasteiger partial charge < -0.3 is 15.7 Å². The summed E-state index contributed by atoms with van der Waals surface area (Å²) in [5, 5.41) is 13.3. The smallest absolute Gasteiger partial charge is 0.337 e. The summed E-state index contributed by atoms with van der Waals surface area (Å²) in [6.07, 6.45) is 0. The zero-order valence-electron chi connectivity index (χ0n) is 15.3. The molecule has 1 rings (SSSR count). The number of anilines is 1. The number of hydrogen-bond acceptors (Lipinski definition) is 3. The van der Waals surface area contributed by atoms with Gasteiger partial charge in [-0.25, -0.2) is 4.79 Å². The van der Waals surface area contributed by atoms with Crippen molar-refractivity contribution in [2.45, 2.75) is 6.85 Å². The van der Waals surface area contributed by atoms with Crippen molar-refractivity contribution >= 4 is 91.2 Å². The van der Waals surface area contributed by atoms with Gasteiger partial charge in [0, 0.05) is 25.6 Å². The van der Waals surface area contributed by atoms with E-state index in [4.69, 9.17) is 8.22 Å². The van der Waals surface area contributed by atoms with Crippen LogP contribution in [0.5, 0.6) is 0 Å². The lowest BCUT2D eigenvalue weighted by atomic mass is 10.1. The molecule has 20 heavy (non-hydrogen) atoms. The number of aromatic carboxylic acids is 1. The van der Waals surface area contributed by atoms with Crippen LogP contribution in [0.15, 0.2) is 0 Å². The lowest BCUT2D eigenvalue weighted by Gasteiger charge is -2.16. The molecule has 0 heterocycles. The van der Waals surface area contributed by atoms with Crippen LogP contribution in [0.2, 0.25) is 0 Å². The molecule has 1 aromatic carbocycles. The summed E-state index contributed by atoms with van der Waals surface area (Å²) in [5.74, 6) is -3.88. The minimum absolute atomic E-state index is 0.00642. The number of benzene rings is 1. The molecular formula is C11H9I3N2O4. The maximum absolute atomic E-state index is 12.3. The summed E-state index contributed by atoms with van der Waals surface area (Å²) >= 11 is 4.80. The third-order valence-electron chi connectivity index (χ3n) is 2.11. The summed E-state index contributed by atoms with van der Waals surface area (Å²) in [5.41, 5.74) is -0.843. The molecule has 3 N–H and O–H groups in total. The van der Waals surface area contributed by atoms with Crippen LogP contribution >= 0.6 is 67.8 Å². The largest absolute Gasteiger partial charge is 0.478 e.